The lowest BCUT2D eigenvalue weighted by atomic mass is 9.99. The molecule has 0 spiro atoms. The quantitative estimate of drug-likeness (QED) is 0.460. The molecular formula is C18H24IN3. The Balaban J connectivity index is 0.00000242. The molecule has 22 heavy (non-hydrogen) atoms. The van der Waals surface area contributed by atoms with Gasteiger partial charge in [0.1, 0.15) is 6.04 Å². The Hall–Kier alpha value is -1.56. The largest absolute Gasteiger partial charge is 0.370 e. The Morgan fingerprint density at radius 2 is 1.32 bits per heavy atom. The molecule has 0 radical (unpaired) electrons. The second kappa shape index (κ2) is 9.46. The summed E-state index contributed by atoms with van der Waals surface area (Å²) in [4.78, 5) is 6.85. The van der Waals surface area contributed by atoms with E-state index in [1.54, 1.807) is 0 Å². The summed E-state index contributed by atoms with van der Waals surface area (Å²) in [6, 6.07) is 20.5. The summed E-state index contributed by atoms with van der Waals surface area (Å²) in [5, 5.41) is 0. The molecule has 0 atom stereocenters. The number of aliphatic imine (C=N–C) groups is 1. The maximum Gasteiger partial charge on any atom is 0.192 e. The van der Waals surface area contributed by atoms with Crippen LogP contribution in [-0.2, 0) is 0 Å². The molecule has 3 nitrogen and oxygen atoms in total. The summed E-state index contributed by atoms with van der Waals surface area (Å²) in [6.45, 7) is 5.90. The predicted octanol–water partition coefficient (Wildman–Crippen LogP) is 4.05. The Labute approximate surface area is 150 Å². The first kappa shape index (κ1) is 18.5. The van der Waals surface area contributed by atoms with E-state index in [1.165, 1.54) is 0 Å². The van der Waals surface area contributed by atoms with Gasteiger partial charge < -0.3 is 10.6 Å². The van der Waals surface area contributed by atoms with Crippen LogP contribution >= 0.6 is 24.0 Å². The van der Waals surface area contributed by atoms with Crippen molar-refractivity contribution in [3.8, 4) is 0 Å². The van der Waals surface area contributed by atoms with Crippen LogP contribution in [0.2, 0.25) is 0 Å². The molecule has 0 fully saturated rings. The zero-order valence-corrected chi connectivity index (χ0v) is 15.5. The zero-order valence-electron chi connectivity index (χ0n) is 13.1. The van der Waals surface area contributed by atoms with E-state index in [4.69, 9.17) is 10.7 Å². The molecule has 0 saturated carbocycles. The zero-order chi connectivity index (χ0) is 15.1. The first-order valence-corrected chi connectivity index (χ1v) is 7.44. The standard InChI is InChI=1S/C18H23N3.HI/c1-3-21(4-2)18(19)20-17(15-11-7-5-8-12-15)16-13-9-6-10-14-16;/h5-14,17H,3-4H2,1-2H3,(H2,19,20);1H. The van der Waals surface area contributed by atoms with E-state index in [-0.39, 0.29) is 30.0 Å². The molecule has 2 rings (SSSR count). The van der Waals surface area contributed by atoms with E-state index in [0.29, 0.717) is 5.96 Å². The van der Waals surface area contributed by atoms with Crippen molar-refractivity contribution in [2.75, 3.05) is 13.1 Å². The molecule has 0 unspecified atom stereocenters. The van der Waals surface area contributed by atoms with Crippen molar-refractivity contribution in [2.45, 2.75) is 19.9 Å². The van der Waals surface area contributed by atoms with E-state index in [2.05, 4.69) is 43.0 Å². The van der Waals surface area contributed by atoms with Crippen molar-refractivity contribution in [1.82, 2.24) is 4.90 Å². The summed E-state index contributed by atoms with van der Waals surface area (Å²) in [5.41, 5.74) is 8.49. The molecule has 0 heterocycles. The third-order valence-corrected chi connectivity index (χ3v) is 3.58. The van der Waals surface area contributed by atoms with Crippen LogP contribution < -0.4 is 5.73 Å². The lowest BCUT2D eigenvalue weighted by molar-refractivity contribution is 0.456. The molecule has 0 aromatic heterocycles. The fraction of sp³-hybridized carbons (Fsp3) is 0.278. The fourth-order valence-corrected chi connectivity index (χ4v) is 2.37. The van der Waals surface area contributed by atoms with Crippen LogP contribution in [0.3, 0.4) is 0 Å². The SMILES string of the molecule is CCN(CC)C(N)=NC(c1ccccc1)c1ccccc1.I. The number of halogens is 1. The maximum atomic E-state index is 6.19. The number of nitrogens with zero attached hydrogens (tertiary/aromatic N) is 2. The van der Waals surface area contributed by atoms with Gasteiger partial charge in [-0.2, -0.15) is 0 Å². The van der Waals surface area contributed by atoms with Gasteiger partial charge in [0.05, 0.1) is 0 Å². The summed E-state index contributed by atoms with van der Waals surface area (Å²) in [6.07, 6.45) is 0. The van der Waals surface area contributed by atoms with Gasteiger partial charge >= 0.3 is 0 Å². The molecule has 2 N–H and O–H groups in total. The number of guanidine groups is 1. The molecular weight excluding hydrogens is 385 g/mol. The maximum absolute atomic E-state index is 6.19. The molecule has 0 saturated heterocycles. The van der Waals surface area contributed by atoms with Crippen LogP contribution in [0.4, 0.5) is 0 Å². The van der Waals surface area contributed by atoms with Gasteiger partial charge in [-0.25, -0.2) is 4.99 Å². The topological polar surface area (TPSA) is 41.6 Å². The third-order valence-electron chi connectivity index (χ3n) is 3.58. The Morgan fingerprint density at radius 1 is 0.909 bits per heavy atom. The van der Waals surface area contributed by atoms with Crippen molar-refractivity contribution in [3.63, 3.8) is 0 Å². The van der Waals surface area contributed by atoms with Crippen LogP contribution in [0.1, 0.15) is 31.0 Å². The molecule has 0 aliphatic carbocycles. The number of nitrogens with two attached hydrogens (primary N) is 1. The van der Waals surface area contributed by atoms with Gasteiger partial charge in [-0.15, -0.1) is 24.0 Å². The minimum Gasteiger partial charge on any atom is -0.370 e. The first-order valence-electron chi connectivity index (χ1n) is 7.44. The van der Waals surface area contributed by atoms with E-state index >= 15 is 0 Å². The highest BCUT2D eigenvalue weighted by Gasteiger charge is 2.14. The highest BCUT2D eigenvalue weighted by Crippen LogP contribution is 2.25. The van der Waals surface area contributed by atoms with Crippen molar-refractivity contribution in [3.05, 3.63) is 71.8 Å². The first-order chi connectivity index (χ1) is 10.3. The molecule has 0 aliphatic rings. The molecule has 2 aromatic carbocycles. The number of rotatable bonds is 5. The minimum absolute atomic E-state index is 0. The van der Waals surface area contributed by atoms with Crippen LogP contribution in [0, 0.1) is 0 Å². The van der Waals surface area contributed by atoms with Crippen LogP contribution in [0.5, 0.6) is 0 Å². The molecule has 0 bridgehead atoms. The van der Waals surface area contributed by atoms with Crippen LogP contribution in [0.25, 0.3) is 0 Å². The van der Waals surface area contributed by atoms with Crippen molar-refractivity contribution in [1.29, 1.82) is 0 Å². The summed E-state index contributed by atoms with van der Waals surface area (Å²) < 4.78 is 0. The van der Waals surface area contributed by atoms with E-state index in [1.807, 2.05) is 36.4 Å². The molecule has 118 valence electrons. The second-order valence-corrected chi connectivity index (χ2v) is 4.88. The van der Waals surface area contributed by atoms with E-state index in [9.17, 15) is 0 Å². The van der Waals surface area contributed by atoms with Gasteiger partial charge in [0.15, 0.2) is 5.96 Å². The van der Waals surface area contributed by atoms with Gasteiger partial charge in [0.25, 0.3) is 0 Å². The Kier molecular flexibility index (Phi) is 7.95. The summed E-state index contributed by atoms with van der Waals surface area (Å²) >= 11 is 0. The molecule has 2 aromatic rings. The smallest absolute Gasteiger partial charge is 0.192 e. The summed E-state index contributed by atoms with van der Waals surface area (Å²) in [5.74, 6) is 0.595. The van der Waals surface area contributed by atoms with Gasteiger partial charge in [-0.05, 0) is 25.0 Å². The number of hydrogen-bond donors (Lipinski definition) is 1. The average molecular weight is 409 g/mol. The number of hydrogen-bond acceptors (Lipinski definition) is 1. The van der Waals surface area contributed by atoms with Gasteiger partial charge in [-0.3, -0.25) is 0 Å². The second-order valence-electron chi connectivity index (χ2n) is 4.88. The fourth-order valence-electron chi connectivity index (χ4n) is 2.37. The lowest BCUT2D eigenvalue weighted by Gasteiger charge is -2.22. The van der Waals surface area contributed by atoms with Crippen molar-refractivity contribution < 1.29 is 0 Å². The highest BCUT2D eigenvalue weighted by atomic mass is 127. The Morgan fingerprint density at radius 3 is 1.68 bits per heavy atom. The van der Waals surface area contributed by atoms with Crippen LogP contribution in [0.15, 0.2) is 65.7 Å². The molecule has 0 aliphatic heterocycles. The highest BCUT2D eigenvalue weighted by molar-refractivity contribution is 14.0. The third kappa shape index (κ3) is 4.73. The normalized spacial score (nSPS) is 11.1. The van der Waals surface area contributed by atoms with E-state index in [0.717, 1.165) is 24.2 Å². The predicted molar refractivity (Wildman–Crippen MR) is 105 cm³/mol. The van der Waals surface area contributed by atoms with Gasteiger partial charge in [-0.1, -0.05) is 60.7 Å². The summed E-state index contributed by atoms with van der Waals surface area (Å²) in [7, 11) is 0. The van der Waals surface area contributed by atoms with E-state index < -0.39 is 0 Å². The van der Waals surface area contributed by atoms with Crippen molar-refractivity contribution >= 4 is 29.9 Å². The van der Waals surface area contributed by atoms with Gasteiger partial charge in [0, 0.05) is 13.1 Å². The van der Waals surface area contributed by atoms with Crippen molar-refractivity contribution in [2.24, 2.45) is 10.7 Å². The minimum atomic E-state index is -0.0620. The lowest BCUT2D eigenvalue weighted by Crippen LogP contribution is -2.37. The average Bonchev–Trinajstić information content (AvgIpc) is 2.55. The van der Waals surface area contributed by atoms with Gasteiger partial charge in [0.2, 0.25) is 0 Å². The monoisotopic (exact) mass is 409 g/mol. The Bertz CT molecular complexity index is 526. The number of benzene rings is 2. The molecule has 0 amide bonds. The van der Waals surface area contributed by atoms with Crippen LogP contribution in [-0.4, -0.2) is 23.9 Å². The molecule has 4 heteroatoms.